The molecule has 0 fully saturated rings. The highest BCUT2D eigenvalue weighted by atomic mass is 79.9. The molecule has 90 valence electrons. The number of aromatic nitrogens is 2. The van der Waals surface area contributed by atoms with Crippen LogP contribution in [-0.2, 0) is 15.7 Å². The maximum atomic E-state index is 14.2. The fourth-order valence-electron chi connectivity index (χ4n) is 1.06. The van der Waals surface area contributed by atoms with E-state index >= 15 is 0 Å². The Morgan fingerprint density at radius 2 is 1.94 bits per heavy atom. The quantitative estimate of drug-likeness (QED) is 0.905. The molecule has 5 nitrogen and oxygen atoms in total. The largest absolute Gasteiger partial charge is 0.237 e. The van der Waals surface area contributed by atoms with Crippen LogP contribution in [0.4, 0.5) is 4.39 Å². The Bertz CT molecular complexity index is 475. The summed E-state index contributed by atoms with van der Waals surface area (Å²) in [6, 6.07) is 0. The Morgan fingerprint density at radius 1 is 1.50 bits per heavy atom. The number of halogens is 2. The molecular formula is C8H11BrFN3O2S. The van der Waals surface area contributed by atoms with Crippen molar-refractivity contribution in [1.82, 2.24) is 9.97 Å². The van der Waals surface area contributed by atoms with Crippen LogP contribution in [0.1, 0.15) is 19.7 Å². The van der Waals surface area contributed by atoms with E-state index in [1.165, 1.54) is 19.3 Å². The predicted molar refractivity (Wildman–Crippen MR) is 60.8 cm³/mol. The maximum absolute atomic E-state index is 14.2. The second-order valence-corrected chi connectivity index (χ2v) is 6.33. The summed E-state index contributed by atoms with van der Waals surface area (Å²) in [4.78, 5) is 7.46. The van der Waals surface area contributed by atoms with E-state index in [4.69, 9.17) is 5.14 Å². The molecule has 1 heterocycles. The van der Waals surface area contributed by atoms with Gasteiger partial charge < -0.3 is 0 Å². The van der Waals surface area contributed by atoms with E-state index in [0.717, 1.165) is 6.92 Å². The maximum Gasteiger partial charge on any atom is 0.215 e. The number of primary sulfonamides is 1. The molecule has 2 atom stereocenters. The molecule has 16 heavy (non-hydrogen) atoms. The van der Waals surface area contributed by atoms with Crippen LogP contribution in [0.2, 0.25) is 0 Å². The van der Waals surface area contributed by atoms with Crippen LogP contribution in [0.5, 0.6) is 0 Å². The molecule has 1 unspecified atom stereocenters. The third-order valence-electron chi connectivity index (χ3n) is 2.31. The molecule has 2 N–H and O–H groups in total. The van der Waals surface area contributed by atoms with Crippen molar-refractivity contribution in [2.24, 2.45) is 5.14 Å². The highest BCUT2D eigenvalue weighted by Crippen LogP contribution is 2.29. The molecule has 0 aromatic carbocycles. The van der Waals surface area contributed by atoms with E-state index in [1.54, 1.807) is 0 Å². The molecule has 0 aliphatic carbocycles. The Hall–Kier alpha value is -0.600. The van der Waals surface area contributed by atoms with Gasteiger partial charge in [0, 0.05) is 12.4 Å². The van der Waals surface area contributed by atoms with Crippen LogP contribution in [0.3, 0.4) is 0 Å². The van der Waals surface area contributed by atoms with Gasteiger partial charge in [-0.15, -0.1) is 0 Å². The zero-order valence-electron chi connectivity index (χ0n) is 8.68. The molecule has 0 saturated heterocycles. The highest BCUT2D eigenvalue weighted by molar-refractivity contribution is 9.10. The number of hydrogen-bond acceptors (Lipinski definition) is 4. The van der Waals surface area contributed by atoms with Gasteiger partial charge in [0.25, 0.3) is 0 Å². The van der Waals surface area contributed by atoms with Crippen LogP contribution < -0.4 is 5.14 Å². The van der Waals surface area contributed by atoms with Crippen LogP contribution in [0, 0.1) is 0 Å². The summed E-state index contributed by atoms with van der Waals surface area (Å²) >= 11 is 3.10. The van der Waals surface area contributed by atoms with Gasteiger partial charge in [0.1, 0.15) is 5.25 Å². The summed E-state index contributed by atoms with van der Waals surface area (Å²) in [5.74, 6) is -0.211. The molecule has 1 aromatic rings. The zero-order valence-corrected chi connectivity index (χ0v) is 11.1. The number of alkyl halides is 1. The SMILES string of the molecule is C[C@H](C(C)(F)c1ncc(Br)cn1)S(N)(=O)=O. The highest BCUT2D eigenvalue weighted by Gasteiger charge is 2.42. The first kappa shape index (κ1) is 13.5. The normalized spacial score (nSPS) is 17.8. The van der Waals surface area contributed by atoms with E-state index in [1.807, 2.05) is 0 Å². The summed E-state index contributed by atoms with van der Waals surface area (Å²) in [5.41, 5.74) is -2.23. The Kier molecular flexibility index (Phi) is 3.65. The van der Waals surface area contributed by atoms with E-state index in [0.29, 0.717) is 4.47 Å². The van der Waals surface area contributed by atoms with Crippen molar-refractivity contribution in [3.05, 3.63) is 22.7 Å². The molecule has 0 aliphatic heterocycles. The Labute approximate surface area is 101 Å². The van der Waals surface area contributed by atoms with Crippen molar-refractivity contribution in [3.63, 3.8) is 0 Å². The van der Waals surface area contributed by atoms with Gasteiger partial charge in [-0.2, -0.15) is 0 Å². The smallest absolute Gasteiger partial charge is 0.215 e. The topological polar surface area (TPSA) is 85.9 Å². The number of hydrogen-bond donors (Lipinski definition) is 1. The minimum Gasteiger partial charge on any atom is -0.237 e. The monoisotopic (exact) mass is 311 g/mol. The first-order valence-electron chi connectivity index (χ1n) is 4.34. The van der Waals surface area contributed by atoms with E-state index in [2.05, 4.69) is 25.9 Å². The average Bonchev–Trinajstić information content (AvgIpc) is 2.16. The first-order chi connectivity index (χ1) is 7.15. The predicted octanol–water partition coefficient (Wildman–Crippen LogP) is 1.10. The summed E-state index contributed by atoms with van der Waals surface area (Å²) < 4.78 is 37.0. The lowest BCUT2D eigenvalue weighted by molar-refractivity contribution is 0.174. The van der Waals surface area contributed by atoms with Crippen LogP contribution >= 0.6 is 15.9 Å². The molecule has 0 spiro atoms. The first-order valence-corrected chi connectivity index (χ1v) is 6.74. The van der Waals surface area contributed by atoms with Gasteiger partial charge in [0.05, 0.1) is 4.47 Å². The zero-order chi connectivity index (χ0) is 12.6. The lowest BCUT2D eigenvalue weighted by Crippen LogP contribution is -2.41. The Balaban J connectivity index is 3.16. The van der Waals surface area contributed by atoms with Crippen molar-refractivity contribution in [3.8, 4) is 0 Å². The number of rotatable bonds is 3. The van der Waals surface area contributed by atoms with E-state index in [-0.39, 0.29) is 5.82 Å². The molecule has 0 amide bonds. The van der Waals surface area contributed by atoms with Crippen LogP contribution in [0.15, 0.2) is 16.9 Å². The summed E-state index contributed by atoms with van der Waals surface area (Å²) in [6.07, 6.45) is 2.69. The van der Waals surface area contributed by atoms with Crippen LogP contribution in [0.25, 0.3) is 0 Å². The number of nitrogens with two attached hydrogens (primary N) is 1. The fraction of sp³-hybridized carbons (Fsp3) is 0.500. The van der Waals surface area contributed by atoms with Crippen molar-refractivity contribution in [2.75, 3.05) is 0 Å². The minimum atomic E-state index is -3.99. The second-order valence-electron chi connectivity index (χ2n) is 3.53. The van der Waals surface area contributed by atoms with Crippen molar-refractivity contribution < 1.29 is 12.8 Å². The van der Waals surface area contributed by atoms with Gasteiger partial charge >= 0.3 is 0 Å². The minimum absolute atomic E-state index is 0.211. The number of nitrogens with zero attached hydrogens (tertiary/aromatic N) is 2. The summed E-state index contributed by atoms with van der Waals surface area (Å²) in [6.45, 7) is 2.27. The molecular weight excluding hydrogens is 301 g/mol. The second kappa shape index (κ2) is 4.34. The standard InChI is InChI=1S/C8H11BrFN3O2S/c1-5(16(11,14)15)8(2,10)7-12-3-6(9)4-13-7/h3-5H,1-2H3,(H2,11,14,15)/t5-,8?/m1/s1. The van der Waals surface area contributed by atoms with Crippen molar-refractivity contribution >= 4 is 26.0 Å². The summed E-state index contributed by atoms with van der Waals surface area (Å²) in [7, 11) is -3.99. The van der Waals surface area contributed by atoms with Gasteiger partial charge in [-0.1, -0.05) is 0 Å². The lowest BCUT2D eigenvalue weighted by atomic mass is 10.0. The molecule has 1 aromatic heterocycles. The van der Waals surface area contributed by atoms with E-state index in [9.17, 15) is 12.8 Å². The number of sulfonamides is 1. The molecule has 0 radical (unpaired) electrons. The molecule has 8 heteroatoms. The third-order valence-corrected chi connectivity index (χ3v) is 4.15. The molecule has 0 bridgehead atoms. The van der Waals surface area contributed by atoms with Crippen LogP contribution in [-0.4, -0.2) is 23.6 Å². The summed E-state index contributed by atoms with van der Waals surface area (Å²) in [5, 5.41) is 3.48. The van der Waals surface area contributed by atoms with Gasteiger partial charge in [0.15, 0.2) is 11.5 Å². The van der Waals surface area contributed by atoms with Gasteiger partial charge in [-0.3, -0.25) is 0 Å². The van der Waals surface area contributed by atoms with Crippen molar-refractivity contribution in [1.29, 1.82) is 0 Å². The van der Waals surface area contributed by atoms with Gasteiger partial charge in [-0.05, 0) is 29.8 Å². The average molecular weight is 312 g/mol. The molecule has 0 aliphatic rings. The van der Waals surface area contributed by atoms with Crippen molar-refractivity contribution in [2.45, 2.75) is 24.8 Å². The Morgan fingerprint density at radius 3 is 2.31 bits per heavy atom. The molecule has 0 saturated carbocycles. The third kappa shape index (κ3) is 2.74. The fourth-order valence-corrected chi connectivity index (χ4v) is 1.98. The molecule has 1 rings (SSSR count). The van der Waals surface area contributed by atoms with E-state index < -0.39 is 20.9 Å². The van der Waals surface area contributed by atoms with Gasteiger partial charge in [0.2, 0.25) is 10.0 Å². The lowest BCUT2D eigenvalue weighted by Gasteiger charge is -2.24. The van der Waals surface area contributed by atoms with Gasteiger partial charge in [-0.25, -0.2) is 27.9 Å².